The fraction of sp³-hybridized carbons (Fsp3) is 0.267. The molecule has 1 heterocycles. The number of hydrogen-bond donors (Lipinski definition) is 1. The third-order valence-electron chi connectivity index (χ3n) is 2.91. The van der Waals surface area contributed by atoms with Crippen LogP contribution in [0.25, 0.3) is 0 Å². The molecular formula is C15H16FNO2S. The number of halogens is 1. The van der Waals surface area contributed by atoms with Crippen LogP contribution in [0.5, 0.6) is 0 Å². The molecule has 0 bridgehead atoms. The Morgan fingerprint density at radius 1 is 1.45 bits per heavy atom. The van der Waals surface area contributed by atoms with Gasteiger partial charge < -0.3 is 10.1 Å². The first-order valence-electron chi connectivity index (χ1n) is 6.21. The molecule has 0 spiro atoms. The molecule has 106 valence electrons. The van der Waals surface area contributed by atoms with Crippen LogP contribution in [-0.2, 0) is 4.74 Å². The second-order valence-electron chi connectivity index (χ2n) is 4.48. The first-order chi connectivity index (χ1) is 9.60. The molecule has 1 aromatic carbocycles. The van der Waals surface area contributed by atoms with E-state index >= 15 is 0 Å². The molecule has 5 heteroatoms. The van der Waals surface area contributed by atoms with E-state index in [4.69, 9.17) is 4.74 Å². The van der Waals surface area contributed by atoms with Gasteiger partial charge in [0.1, 0.15) is 5.82 Å². The van der Waals surface area contributed by atoms with E-state index in [1.807, 2.05) is 18.4 Å². The van der Waals surface area contributed by atoms with E-state index in [0.29, 0.717) is 17.0 Å². The van der Waals surface area contributed by atoms with Crippen molar-refractivity contribution in [3.63, 3.8) is 0 Å². The molecule has 0 saturated heterocycles. The molecule has 1 N–H and O–H groups in total. The SMILES string of the molecule is COC(CNC(=O)c1cc(C)cs1)c1cccc(F)c1. The summed E-state index contributed by atoms with van der Waals surface area (Å²) in [6.07, 6.45) is -0.365. The number of carbonyl (C=O) groups excluding carboxylic acids is 1. The van der Waals surface area contributed by atoms with Gasteiger partial charge >= 0.3 is 0 Å². The molecule has 1 aromatic heterocycles. The number of rotatable bonds is 5. The Kier molecular flexibility index (Phi) is 4.87. The number of aryl methyl sites for hydroxylation is 1. The van der Waals surface area contributed by atoms with Crippen molar-refractivity contribution in [3.8, 4) is 0 Å². The zero-order valence-corrected chi connectivity index (χ0v) is 12.2. The van der Waals surface area contributed by atoms with Crippen LogP contribution in [0.2, 0.25) is 0 Å². The lowest BCUT2D eigenvalue weighted by molar-refractivity contribution is 0.0830. The maximum atomic E-state index is 13.2. The zero-order valence-electron chi connectivity index (χ0n) is 11.4. The maximum Gasteiger partial charge on any atom is 0.261 e. The van der Waals surface area contributed by atoms with Gasteiger partial charge in [-0.25, -0.2) is 4.39 Å². The van der Waals surface area contributed by atoms with Crippen LogP contribution in [0.3, 0.4) is 0 Å². The van der Waals surface area contributed by atoms with Gasteiger partial charge in [-0.05, 0) is 41.6 Å². The summed E-state index contributed by atoms with van der Waals surface area (Å²) >= 11 is 1.40. The number of methoxy groups -OCH3 is 1. The van der Waals surface area contributed by atoms with Crippen molar-refractivity contribution in [1.82, 2.24) is 5.32 Å². The first-order valence-corrected chi connectivity index (χ1v) is 7.09. The molecule has 1 amide bonds. The van der Waals surface area contributed by atoms with Crippen molar-refractivity contribution in [2.24, 2.45) is 0 Å². The zero-order chi connectivity index (χ0) is 14.5. The van der Waals surface area contributed by atoms with Crippen LogP contribution in [0.15, 0.2) is 35.7 Å². The van der Waals surface area contributed by atoms with Crippen molar-refractivity contribution < 1.29 is 13.9 Å². The molecule has 0 aliphatic rings. The van der Waals surface area contributed by atoms with E-state index in [1.54, 1.807) is 12.1 Å². The number of hydrogen-bond acceptors (Lipinski definition) is 3. The molecule has 0 radical (unpaired) electrons. The summed E-state index contributed by atoms with van der Waals surface area (Å²) in [6.45, 7) is 2.24. The largest absolute Gasteiger partial charge is 0.375 e. The van der Waals surface area contributed by atoms with Gasteiger partial charge in [0.05, 0.1) is 11.0 Å². The topological polar surface area (TPSA) is 38.3 Å². The Bertz CT molecular complexity index is 597. The highest BCUT2D eigenvalue weighted by Crippen LogP contribution is 2.18. The minimum Gasteiger partial charge on any atom is -0.375 e. The lowest BCUT2D eigenvalue weighted by Crippen LogP contribution is -2.28. The van der Waals surface area contributed by atoms with Crippen LogP contribution < -0.4 is 5.32 Å². The lowest BCUT2D eigenvalue weighted by atomic mass is 10.1. The normalized spacial score (nSPS) is 12.2. The van der Waals surface area contributed by atoms with Crippen LogP contribution in [0.1, 0.15) is 26.9 Å². The predicted molar refractivity (Wildman–Crippen MR) is 77.5 cm³/mol. The first kappa shape index (κ1) is 14.7. The number of carbonyl (C=O) groups is 1. The molecule has 0 aliphatic carbocycles. The van der Waals surface area contributed by atoms with Gasteiger partial charge in [0.2, 0.25) is 0 Å². The van der Waals surface area contributed by atoms with E-state index < -0.39 is 0 Å². The van der Waals surface area contributed by atoms with E-state index in [0.717, 1.165) is 5.56 Å². The monoisotopic (exact) mass is 293 g/mol. The lowest BCUT2D eigenvalue weighted by Gasteiger charge is -2.16. The summed E-state index contributed by atoms with van der Waals surface area (Å²) in [5.41, 5.74) is 1.77. The van der Waals surface area contributed by atoms with Crippen molar-refractivity contribution in [1.29, 1.82) is 0 Å². The van der Waals surface area contributed by atoms with Gasteiger partial charge in [-0.15, -0.1) is 11.3 Å². The van der Waals surface area contributed by atoms with Crippen molar-refractivity contribution >= 4 is 17.2 Å². The average molecular weight is 293 g/mol. The molecule has 2 rings (SSSR count). The van der Waals surface area contributed by atoms with Gasteiger partial charge in [0.15, 0.2) is 0 Å². The molecule has 1 atom stereocenters. The summed E-state index contributed by atoms with van der Waals surface area (Å²) in [7, 11) is 1.54. The Balaban J connectivity index is 1.99. The number of benzene rings is 1. The molecule has 0 aliphatic heterocycles. The fourth-order valence-electron chi connectivity index (χ4n) is 1.87. The van der Waals surface area contributed by atoms with Crippen molar-refractivity contribution in [3.05, 3.63) is 57.5 Å². The molecule has 0 saturated carbocycles. The Labute approximate surface area is 121 Å². The van der Waals surface area contributed by atoms with Gasteiger partial charge in [0.25, 0.3) is 5.91 Å². The predicted octanol–water partition coefficient (Wildman–Crippen LogP) is 3.31. The smallest absolute Gasteiger partial charge is 0.261 e. The fourth-order valence-corrected chi connectivity index (χ4v) is 2.68. The summed E-state index contributed by atoms with van der Waals surface area (Å²) in [5, 5.41) is 4.73. The molecular weight excluding hydrogens is 277 g/mol. The molecule has 2 aromatic rings. The summed E-state index contributed by atoms with van der Waals surface area (Å²) in [4.78, 5) is 12.6. The summed E-state index contributed by atoms with van der Waals surface area (Å²) < 4.78 is 18.5. The second-order valence-corrected chi connectivity index (χ2v) is 5.39. The van der Waals surface area contributed by atoms with Crippen molar-refractivity contribution in [2.75, 3.05) is 13.7 Å². The van der Waals surface area contributed by atoms with Crippen LogP contribution in [0, 0.1) is 12.7 Å². The van der Waals surface area contributed by atoms with Crippen molar-refractivity contribution in [2.45, 2.75) is 13.0 Å². The summed E-state index contributed by atoms with van der Waals surface area (Å²) in [5.74, 6) is -0.452. The van der Waals surface area contributed by atoms with Crippen LogP contribution in [-0.4, -0.2) is 19.6 Å². The highest BCUT2D eigenvalue weighted by molar-refractivity contribution is 7.12. The van der Waals surface area contributed by atoms with Gasteiger partial charge in [-0.1, -0.05) is 12.1 Å². The van der Waals surface area contributed by atoms with Crippen LogP contribution >= 0.6 is 11.3 Å². The summed E-state index contributed by atoms with van der Waals surface area (Å²) in [6, 6.07) is 8.03. The highest BCUT2D eigenvalue weighted by Gasteiger charge is 2.14. The Morgan fingerprint density at radius 2 is 2.25 bits per heavy atom. The van der Waals surface area contributed by atoms with Crippen LogP contribution in [0.4, 0.5) is 4.39 Å². The molecule has 1 unspecified atom stereocenters. The quantitative estimate of drug-likeness (QED) is 0.918. The Hall–Kier alpha value is -1.72. The van der Waals surface area contributed by atoms with E-state index in [9.17, 15) is 9.18 Å². The standard InChI is InChI=1S/C15H16FNO2S/c1-10-6-14(20-9-10)15(18)17-8-13(19-2)11-4-3-5-12(16)7-11/h3-7,9,13H,8H2,1-2H3,(H,17,18). The third kappa shape index (κ3) is 3.65. The number of ether oxygens (including phenoxy) is 1. The third-order valence-corrected chi connectivity index (χ3v) is 3.95. The molecule has 20 heavy (non-hydrogen) atoms. The molecule has 0 fully saturated rings. The Morgan fingerprint density at radius 3 is 2.85 bits per heavy atom. The second kappa shape index (κ2) is 6.63. The molecule has 3 nitrogen and oxygen atoms in total. The minimum atomic E-state index is -0.365. The van der Waals surface area contributed by atoms with Gasteiger partial charge in [-0.2, -0.15) is 0 Å². The van der Waals surface area contributed by atoms with E-state index in [1.165, 1.54) is 30.6 Å². The number of nitrogens with one attached hydrogen (secondary N) is 1. The van der Waals surface area contributed by atoms with E-state index in [-0.39, 0.29) is 17.8 Å². The highest BCUT2D eigenvalue weighted by atomic mass is 32.1. The van der Waals surface area contributed by atoms with E-state index in [2.05, 4.69) is 5.32 Å². The average Bonchev–Trinajstić information content (AvgIpc) is 2.86. The maximum absolute atomic E-state index is 13.2. The van der Waals surface area contributed by atoms with Gasteiger partial charge in [-0.3, -0.25) is 4.79 Å². The minimum absolute atomic E-state index is 0.137. The van der Waals surface area contributed by atoms with Gasteiger partial charge in [0, 0.05) is 13.7 Å². The number of thiophene rings is 1. The number of amides is 1.